The third-order valence-corrected chi connectivity index (χ3v) is 1.97. The number of carboxylic acids is 1. The molecule has 0 spiro atoms. The van der Waals surface area contributed by atoms with E-state index < -0.39 is 30.2 Å². The van der Waals surface area contributed by atoms with Gasteiger partial charge in [-0.05, 0) is 6.42 Å². The average Bonchev–Trinajstić information content (AvgIpc) is 2.21. The average molecular weight is 229 g/mol. The molecule has 1 N–H and O–H groups in total. The zero-order chi connectivity index (χ0) is 12.1. The first-order chi connectivity index (χ1) is 7.50. The highest BCUT2D eigenvalue weighted by Gasteiger charge is 2.29. The maximum Gasteiger partial charge on any atom is 0.333 e. The van der Waals surface area contributed by atoms with Crippen LogP contribution in [0.25, 0.3) is 0 Å². The zero-order valence-electron chi connectivity index (χ0n) is 8.47. The highest BCUT2D eigenvalue weighted by Crippen LogP contribution is 2.13. The highest BCUT2D eigenvalue weighted by atomic mass is 16.7. The number of hydroxylamine groups is 2. The molecular formula is C9H11NO6. The Morgan fingerprint density at radius 3 is 2.25 bits per heavy atom. The first-order valence-corrected chi connectivity index (χ1v) is 4.79. The molecule has 0 aliphatic carbocycles. The summed E-state index contributed by atoms with van der Waals surface area (Å²) in [5.41, 5.74) is 0. The van der Waals surface area contributed by atoms with Crippen LogP contribution in [0.5, 0.6) is 0 Å². The van der Waals surface area contributed by atoms with Crippen LogP contribution in [0.1, 0.15) is 32.1 Å². The lowest BCUT2D eigenvalue weighted by molar-refractivity contribution is -0.205. The molecule has 0 aromatic heterocycles. The van der Waals surface area contributed by atoms with E-state index in [1.165, 1.54) is 0 Å². The maximum absolute atomic E-state index is 11.2. The second-order valence-electron chi connectivity index (χ2n) is 3.29. The van der Waals surface area contributed by atoms with Crippen LogP contribution in [0, 0.1) is 0 Å². The van der Waals surface area contributed by atoms with Crippen LogP contribution in [-0.4, -0.2) is 33.9 Å². The highest BCUT2D eigenvalue weighted by molar-refractivity contribution is 5.97. The predicted octanol–water partition coefficient (Wildman–Crippen LogP) is -0.152. The van der Waals surface area contributed by atoms with E-state index in [0.717, 1.165) is 0 Å². The number of aliphatic carboxylic acids is 1. The molecule has 16 heavy (non-hydrogen) atoms. The van der Waals surface area contributed by atoms with Gasteiger partial charge in [0.1, 0.15) is 0 Å². The molecule has 1 aliphatic heterocycles. The van der Waals surface area contributed by atoms with Crippen molar-refractivity contribution in [3.8, 4) is 0 Å². The van der Waals surface area contributed by atoms with Crippen LogP contribution < -0.4 is 0 Å². The molecule has 0 bridgehead atoms. The number of carbonyl (C=O) groups is 4. The lowest BCUT2D eigenvalue weighted by Crippen LogP contribution is -2.41. The molecule has 1 rings (SSSR count). The van der Waals surface area contributed by atoms with Crippen LogP contribution in [0.4, 0.5) is 0 Å². The summed E-state index contributed by atoms with van der Waals surface area (Å²) >= 11 is 0. The maximum atomic E-state index is 11.2. The zero-order valence-corrected chi connectivity index (χ0v) is 8.47. The van der Waals surface area contributed by atoms with E-state index in [1.54, 1.807) is 0 Å². The van der Waals surface area contributed by atoms with Gasteiger partial charge in [0.2, 0.25) is 0 Å². The molecule has 0 radical (unpaired) electrons. The molecule has 0 atom stereocenters. The normalized spacial score (nSPS) is 16.1. The Kier molecular flexibility index (Phi) is 3.98. The third-order valence-electron chi connectivity index (χ3n) is 1.97. The number of piperidine rings is 1. The second kappa shape index (κ2) is 5.24. The van der Waals surface area contributed by atoms with E-state index in [4.69, 9.17) is 5.11 Å². The summed E-state index contributed by atoms with van der Waals surface area (Å²) < 4.78 is 0. The standard InChI is InChI=1S/C9H11NO6/c11-6-2-1-3-7(12)10(6)16-9(15)5-4-8(13)14/h1-5H2,(H,13,14). The fourth-order valence-corrected chi connectivity index (χ4v) is 1.19. The van der Waals surface area contributed by atoms with E-state index in [2.05, 4.69) is 4.84 Å². The summed E-state index contributed by atoms with van der Waals surface area (Å²) in [6.07, 6.45) is -0.0157. The summed E-state index contributed by atoms with van der Waals surface area (Å²) in [5.74, 6) is -3.18. The summed E-state index contributed by atoms with van der Waals surface area (Å²) in [6.45, 7) is 0. The molecule has 7 heteroatoms. The molecule has 0 aromatic carbocycles. The van der Waals surface area contributed by atoms with E-state index in [1.807, 2.05) is 0 Å². The van der Waals surface area contributed by atoms with Crippen molar-refractivity contribution in [3.63, 3.8) is 0 Å². The van der Waals surface area contributed by atoms with Gasteiger partial charge in [0.15, 0.2) is 0 Å². The Morgan fingerprint density at radius 1 is 1.19 bits per heavy atom. The quantitative estimate of drug-likeness (QED) is 0.672. The Bertz CT molecular complexity index is 321. The number of hydrogen-bond donors (Lipinski definition) is 1. The summed E-state index contributed by atoms with van der Waals surface area (Å²) in [7, 11) is 0. The van der Waals surface area contributed by atoms with Crippen LogP contribution in [0.3, 0.4) is 0 Å². The van der Waals surface area contributed by atoms with Crippen molar-refractivity contribution >= 4 is 23.8 Å². The number of imide groups is 1. The topological polar surface area (TPSA) is 101 Å². The molecule has 88 valence electrons. The Balaban J connectivity index is 2.45. The van der Waals surface area contributed by atoms with Crippen molar-refractivity contribution < 1.29 is 29.1 Å². The number of amides is 2. The van der Waals surface area contributed by atoms with Crippen molar-refractivity contribution in [2.75, 3.05) is 0 Å². The Labute approximate surface area is 90.9 Å². The molecule has 2 amide bonds. The van der Waals surface area contributed by atoms with Gasteiger partial charge in [-0.25, -0.2) is 4.79 Å². The summed E-state index contributed by atoms with van der Waals surface area (Å²) in [4.78, 5) is 48.1. The van der Waals surface area contributed by atoms with Gasteiger partial charge in [0, 0.05) is 12.8 Å². The number of carboxylic acid groups (broad SMARTS) is 1. The molecule has 0 saturated carbocycles. The van der Waals surface area contributed by atoms with Crippen LogP contribution in [-0.2, 0) is 24.0 Å². The van der Waals surface area contributed by atoms with Gasteiger partial charge in [-0.1, -0.05) is 0 Å². The van der Waals surface area contributed by atoms with Gasteiger partial charge in [-0.2, -0.15) is 0 Å². The lowest BCUT2D eigenvalue weighted by Gasteiger charge is -2.22. The Morgan fingerprint density at radius 2 is 1.75 bits per heavy atom. The Hall–Kier alpha value is -1.92. The van der Waals surface area contributed by atoms with Gasteiger partial charge in [0.05, 0.1) is 12.8 Å². The molecule has 1 heterocycles. The molecule has 1 fully saturated rings. The van der Waals surface area contributed by atoms with Gasteiger partial charge in [-0.15, -0.1) is 5.06 Å². The van der Waals surface area contributed by atoms with E-state index in [0.29, 0.717) is 11.5 Å². The van der Waals surface area contributed by atoms with Crippen LogP contribution in [0.15, 0.2) is 0 Å². The minimum atomic E-state index is -1.15. The third kappa shape index (κ3) is 3.34. The van der Waals surface area contributed by atoms with E-state index >= 15 is 0 Å². The van der Waals surface area contributed by atoms with E-state index in [-0.39, 0.29) is 19.3 Å². The number of rotatable bonds is 4. The monoisotopic (exact) mass is 229 g/mol. The van der Waals surface area contributed by atoms with E-state index in [9.17, 15) is 19.2 Å². The second-order valence-corrected chi connectivity index (χ2v) is 3.29. The van der Waals surface area contributed by atoms with Crippen molar-refractivity contribution in [1.82, 2.24) is 5.06 Å². The van der Waals surface area contributed by atoms with Gasteiger partial charge < -0.3 is 9.94 Å². The fraction of sp³-hybridized carbons (Fsp3) is 0.556. The first-order valence-electron chi connectivity index (χ1n) is 4.79. The largest absolute Gasteiger partial charge is 0.481 e. The molecule has 0 aromatic rings. The van der Waals surface area contributed by atoms with Gasteiger partial charge in [-0.3, -0.25) is 14.4 Å². The minimum absolute atomic E-state index is 0.151. The first kappa shape index (κ1) is 12.2. The predicted molar refractivity (Wildman–Crippen MR) is 48.7 cm³/mol. The minimum Gasteiger partial charge on any atom is -0.481 e. The van der Waals surface area contributed by atoms with Crippen molar-refractivity contribution in [1.29, 1.82) is 0 Å². The smallest absolute Gasteiger partial charge is 0.333 e. The number of carbonyl (C=O) groups excluding carboxylic acids is 3. The molecule has 7 nitrogen and oxygen atoms in total. The van der Waals surface area contributed by atoms with Crippen molar-refractivity contribution in [2.45, 2.75) is 32.1 Å². The van der Waals surface area contributed by atoms with Gasteiger partial charge >= 0.3 is 11.9 Å². The summed E-state index contributed by atoms with van der Waals surface area (Å²) in [5, 5.41) is 8.74. The number of hydrogen-bond acceptors (Lipinski definition) is 5. The molecular weight excluding hydrogens is 218 g/mol. The van der Waals surface area contributed by atoms with Crippen LogP contribution >= 0.6 is 0 Å². The molecule has 1 aliphatic rings. The molecule has 0 unspecified atom stereocenters. The van der Waals surface area contributed by atoms with Crippen molar-refractivity contribution in [3.05, 3.63) is 0 Å². The summed E-state index contributed by atoms with van der Waals surface area (Å²) in [6, 6.07) is 0. The fourth-order valence-electron chi connectivity index (χ4n) is 1.19. The van der Waals surface area contributed by atoms with Gasteiger partial charge in [0.25, 0.3) is 11.8 Å². The number of nitrogens with zero attached hydrogens (tertiary/aromatic N) is 1. The van der Waals surface area contributed by atoms with Crippen LogP contribution in [0.2, 0.25) is 0 Å². The lowest BCUT2D eigenvalue weighted by atomic mass is 10.1. The molecule has 1 saturated heterocycles. The SMILES string of the molecule is O=C(O)CCC(=O)ON1C(=O)CCCC1=O. The van der Waals surface area contributed by atoms with Crippen molar-refractivity contribution in [2.24, 2.45) is 0 Å².